The van der Waals surface area contributed by atoms with Gasteiger partial charge in [0.05, 0.1) is 23.5 Å². The molecule has 5 nitrogen and oxygen atoms in total. The molecule has 1 amide bonds. The molecule has 2 N–H and O–H groups in total. The maximum Gasteiger partial charge on any atom is 0.246 e. The average Bonchev–Trinajstić information content (AvgIpc) is 2.59. The number of ether oxygens (including phenoxy) is 1. The van der Waals surface area contributed by atoms with Crippen LogP contribution >= 0.6 is 11.6 Å². The molecular formula is C20H24ClN3O2. The van der Waals surface area contributed by atoms with E-state index in [9.17, 15) is 4.79 Å². The Bertz CT molecular complexity index is 822. The van der Waals surface area contributed by atoms with Gasteiger partial charge in [-0.25, -0.2) is 0 Å². The van der Waals surface area contributed by atoms with Crippen LogP contribution in [0.3, 0.4) is 0 Å². The van der Waals surface area contributed by atoms with Crippen molar-refractivity contribution < 1.29 is 9.53 Å². The fraction of sp³-hybridized carbons (Fsp3) is 0.350. The molecule has 3 rings (SSSR count). The third-order valence-electron chi connectivity index (χ3n) is 4.52. The van der Waals surface area contributed by atoms with Crippen molar-refractivity contribution in [1.29, 1.82) is 0 Å². The van der Waals surface area contributed by atoms with Crippen LogP contribution in [-0.2, 0) is 4.79 Å². The van der Waals surface area contributed by atoms with Crippen molar-refractivity contribution >= 4 is 34.6 Å². The minimum absolute atomic E-state index is 0.0845. The molecule has 1 heterocycles. The van der Waals surface area contributed by atoms with Crippen LogP contribution in [0.1, 0.15) is 20.8 Å². The Kier molecular flexibility index (Phi) is 5.01. The number of para-hydroxylation sites is 2. The number of nitrogens with zero attached hydrogens (tertiary/aromatic N) is 1. The molecule has 1 aliphatic rings. The van der Waals surface area contributed by atoms with Gasteiger partial charge in [0.25, 0.3) is 0 Å². The van der Waals surface area contributed by atoms with Gasteiger partial charge in [0.2, 0.25) is 5.91 Å². The third kappa shape index (κ3) is 3.73. The van der Waals surface area contributed by atoms with Crippen LogP contribution in [0.25, 0.3) is 0 Å². The van der Waals surface area contributed by atoms with Crippen molar-refractivity contribution in [2.24, 2.45) is 0 Å². The van der Waals surface area contributed by atoms with E-state index >= 15 is 0 Å². The largest absolute Gasteiger partial charge is 0.495 e. The summed E-state index contributed by atoms with van der Waals surface area (Å²) in [5.74, 6) is 0.495. The van der Waals surface area contributed by atoms with Gasteiger partial charge in [0.1, 0.15) is 11.8 Å². The minimum Gasteiger partial charge on any atom is -0.495 e. The normalized spacial score (nSPS) is 16.3. The number of hydrogen-bond acceptors (Lipinski definition) is 4. The molecule has 0 saturated heterocycles. The first kappa shape index (κ1) is 18.4. The molecule has 1 aliphatic heterocycles. The predicted octanol–water partition coefficient (Wildman–Crippen LogP) is 4.39. The van der Waals surface area contributed by atoms with E-state index in [4.69, 9.17) is 16.3 Å². The van der Waals surface area contributed by atoms with Gasteiger partial charge in [0, 0.05) is 17.8 Å². The Morgan fingerprint density at radius 2 is 2.04 bits per heavy atom. The first-order valence-corrected chi connectivity index (χ1v) is 8.97. The zero-order chi connectivity index (χ0) is 18.9. The van der Waals surface area contributed by atoms with Gasteiger partial charge < -0.3 is 20.3 Å². The van der Waals surface area contributed by atoms with E-state index in [1.165, 1.54) is 0 Å². The van der Waals surface area contributed by atoms with Crippen LogP contribution < -0.4 is 20.3 Å². The lowest BCUT2D eigenvalue weighted by Crippen LogP contribution is -2.54. The highest BCUT2D eigenvalue weighted by atomic mass is 35.5. The Labute approximate surface area is 159 Å². The van der Waals surface area contributed by atoms with Crippen molar-refractivity contribution in [2.75, 3.05) is 29.2 Å². The molecule has 0 fully saturated rings. The van der Waals surface area contributed by atoms with Crippen LogP contribution in [-0.4, -0.2) is 31.1 Å². The Morgan fingerprint density at radius 1 is 1.31 bits per heavy atom. The molecule has 0 bridgehead atoms. The maximum atomic E-state index is 12.9. The van der Waals surface area contributed by atoms with Crippen LogP contribution in [0.5, 0.6) is 5.75 Å². The number of carbonyl (C=O) groups is 1. The van der Waals surface area contributed by atoms with Gasteiger partial charge in [0.15, 0.2) is 0 Å². The molecule has 0 spiro atoms. The molecule has 0 aliphatic carbocycles. The second kappa shape index (κ2) is 7.08. The average molecular weight is 374 g/mol. The van der Waals surface area contributed by atoms with Gasteiger partial charge in [-0.2, -0.15) is 0 Å². The summed E-state index contributed by atoms with van der Waals surface area (Å²) in [5, 5.41) is 6.94. The number of hydrogen-bond donors (Lipinski definition) is 2. The van der Waals surface area contributed by atoms with E-state index < -0.39 is 0 Å². The number of nitrogens with one attached hydrogen (secondary N) is 2. The molecule has 6 heteroatoms. The first-order chi connectivity index (χ1) is 12.3. The van der Waals surface area contributed by atoms with Crippen molar-refractivity contribution in [3.63, 3.8) is 0 Å². The Balaban J connectivity index is 1.81. The quantitative estimate of drug-likeness (QED) is 0.834. The fourth-order valence-electron chi connectivity index (χ4n) is 3.22. The van der Waals surface area contributed by atoms with E-state index in [0.29, 0.717) is 16.5 Å². The summed E-state index contributed by atoms with van der Waals surface area (Å²) in [6, 6.07) is 12.9. The Hall–Kier alpha value is -2.40. The summed E-state index contributed by atoms with van der Waals surface area (Å²) in [6.07, 6.45) is 0. The summed E-state index contributed by atoms with van der Waals surface area (Å²) >= 11 is 6.15. The number of amides is 1. The molecule has 0 radical (unpaired) electrons. The molecule has 138 valence electrons. The van der Waals surface area contributed by atoms with E-state index in [1.54, 1.807) is 25.3 Å². The summed E-state index contributed by atoms with van der Waals surface area (Å²) in [5.41, 5.74) is 2.58. The fourth-order valence-corrected chi connectivity index (χ4v) is 3.48. The zero-order valence-electron chi connectivity index (χ0n) is 15.5. The smallest absolute Gasteiger partial charge is 0.246 e. The predicted molar refractivity (Wildman–Crippen MR) is 108 cm³/mol. The van der Waals surface area contributed by atoms with E-state index in [-0.39, 0.29) is 17.5 Å². The second-order valence-corrected chi connectivity index (χ2v) is 7.58. The molecule has 2 aromatic rings. The van der Waals surface area contributed by atoms with Gasteiger partial charge in [-0.3, -0.25) is 4.79 Å². The summed E-state index contributed by atoms with van der Waals surface area (Å²) < 4.78 is 5.15. The van der Waals surface area contributed by atoms with Crippen LogP contribution in [0, 0.1) is 0 Å². The van der Waals surface area contributed by atoms with Crippen molar-refractivity contribution in [3.05, 3.63) is 47.5 Å². The molecule has 1 unspecified atom stereocenters. The van der Waals surface area contributed by atoms with Gasteiger partial charge in [-0.05, 0) is 51.1 Å². The number of anilines is 3. The van der Waals surface area contributed by atoms with Crippen LogP contribution in [0.4, 0.5) is 17.1 Å². The number of rotatable bonds is 4. The summed E-state index contributed by atoms with van der Waals surface area (Å²) in [7, 11) is 1.56. The number of methoxy groups -OCH3 is 1. The summed E-state index contributed by atoms with van der Waals surface area (Å²) in [4.78, 5) is 15.0. The highest BCUT2D eigenvalue weighted by Gasteiger charge is 2.34. The monoisotopic (exact) mass is 373 g/mol. The highest BCUT2D eigenvalue weighted by Crippen LogP contribution is 2.35. The summed E-state index contributed by atoms with van der Waals surface area (Å²) in [6.45, 7) is 6.90. The molecular weight excluding hydrogens is 350 g/mol. The lowest BCUT2D eigenvalue weighted by atomic mass is 9.97. The van der Waals surface area contributed by atoms with Crippen LogP contribution in [0.15, 0.2) is 42.5 Å². The molecule has 1 atom stereocenters. The van der Waals surface area contributed by atoms with Gasteiger partial charge in [-0.15, -0.1) is 0 Å². The first-order valence-electron chi connectivity index (χ1n) is 8.59. The molecule has 2 aromatic carbocycles. The van der Waals surface area contributed by atoms with E-state index in [2.05, 4.69) is 29.4 Å². The lowest BCUT2D eigenvalue weighted by molar-refractivity contribution is -0.117. The zero-order valence-corrected chi connectivity index (χ0v) is 16.2. The number of benzene rings is 2. The molecule has 0 aromatic heterocycles. The second-order valence-electron chi connectivity index (χ2n) is 7.17. The molecule has 0 saturated carbocycles. The van der Waals surface area contributed by atoms with Crippen molar-refractivity contribution in [2.45, 2.75) is 32.4 Å². The van der Waals surface area contributed by atoms with Crippen molar-refractivity contribution in [1.82, 2.24) is 0 Å². The highest BCUT2D eigenvalue weighted by molar-refractivity contribution is 6.32. The molecule has 26 heavy (non-hydrogen) atoms. The van der Waals surface area contributed by atoms with Gasteiger partial charge in [-0.1, -0.05) is 23.7 Å². The lowest BCUT2D eigenvalue weighted by Gasteiger charge is -2.44. The van der Waals surface area contributed by atoms with E-state index in [1.807, 2.05) is 31.2 Å². The van der Waals surface area contributed by atoms with Crippen molar-refractivity contribution in [3.8, 4) is 5.75 Å². The van der Waals surface area contributed by atoms with E-state index in [0.717, 1.165) is 17.9 Å². The minimum atomic E-state index is -0.335. The number of fused-ring (bicyclic) bond motifs is 1. The standard InChI is InChI=1S/C20H24ClN3O2/c1-13(19(25)22-14-9-10-18(26-4)15(21)11-14)24-12-20(2,3)23-16-7-5-6-8-17(16)24/h5-11,13,23H,12H2,1-4H3,(H,22,25). The number of halogens is 1. The van der Waals surface area contributed by atoms with Crippen LogP contribution in [0.2, 0.25) is 5.02 Å². The number of carbonyl (C=O) groups excluding carboxylic acids is 1. The Morgan fingerprint density at radius 3 is 2.73 bits per heavy atom. The maximum absolute atomic E-state index is 12.9. The topological polar surface area (TPSA) is 53.6 Å². The third-order valence-corrected chi connectivity index (χ3v) is 4.81. The SMILES string of the molecule is COc1ccc(NC(=O)C(C)N2CC(C)(C)Nc3ccccc32)cc1Cl. The van der Waals surface area contributed by atoms with Gasteiger partial charge >= 0.3 is 0 Å².